The second-order valence-electron chi connectivity index (χ2n) is 6.65. The number of hydrogen-bond acceptors (Lipinski definition) is 5. The van der Waals surface area contributed by atoms with Crippen molar-refractivity contribution in [3.05, 3.63) is 47.2 Å². The summed E-state index contributed by atoms with van der Waals surface area (Å²) in [6.07, 6.45) is 6.25. The molecule has 0 N–H and O–H groups in total. The standard InChI is InChI=1S/C19H19N3O3S/c23-18(11-14-12-21-6-9-26-19(21)20-14)22-5-1-2-15(22)13-3-4-16-17(10-13)25-8-7-24-16/h3-4,6,9-10,12,15H,1-2,5,7-8,11H2/t15-/m0/s1. The maximum Gasteiger partial charge on any atom is 0.229 e. The summed E-state index contributed by atoms with van der Waals surface area (Å²) in [6, 6.07) is 6.13. The maximum atomic E-state index is 12.9. The summed E-state index contributed by atoms with van der Waals surface area (Å²) in [5.74, 6) is 1.70. The second kappa shape index (κ2) is 6.32. The quantitative estimate of drug-likeness (QED) is 0.712. The predicted molar refractivity (Wildman–Crippen MR) is 97.9 cm³/mol. The van der Waals surface area contributed by atoms with Gasteiger partial charge in [-0.05, 0) is 30.5 Å². The molecule has 5 rings (SSSR count). The van der Waals surface area contributed by atoms with Gasteiger partial charge in [-0.3, -0.25) is 9.20 Å². The predicted octanol–water partition coefficient (Wildman–Crippen LogP) is 3.07. The van der Waals surface area contributed by atoms with Crippen LogP contribution in [0.5, 0.6) is 11.5 Å². The van der Waals surface area contributed by atoms with Crippen molar-refractivity contribution in [1.82, 2.24) is 14.3 Å². The lowest BCUT2D eigenvalue weighted by atomic mass is 10.0. The molecule has 0 radical (unpaired) electrons. The van der Waals surface area contributed by atoms with Crippen LogP contribution in [0.15, 0.2) is 36.0 Å². The Morgan fingerprint density at radius 3 is 3.04 bits per heavy atom. The van der Waals surface area contributed by atoms with E-state index in [-0.39, 0.29) is 11.9 Å². The molecule has 0 spiro atoms. The SMILES string of the molecule is O=C(Cc1cn2ccsc2n1)N1CCC[C@H]1c1ccc2c(c1)OCCO2. The van der Waals surface area contributed by atoms with Crippen LogP contribution in [0.2, 0.25) is 0 Å². The highest BCUT2D eigenvalue weighted by Gasteiger charge is 2.31. The third-order valence-corrected chi connectivity index (χ3v) is 5.77. The van der Waals surface area contributed by atoms with E-state index in [4.69, 9.17) is 9.47 Å². The van der Waals surface area contributed by atoms with Crippen molar-refractivity contribution in [3.63, 3.8) is 0 Å². The number of likely N-dealkylation sites (tertiary alicyclic amines) is 1. The molecule has 7 heteroatoms. The molecule has 1 amide bonds. The van der Waals surface area contributed by atoms with E-state index in [0.29, 0.717) is 19.6 Å². The number of benzene rings is 1. The Morgan fingerprint density at radius 1 is 1.27 bits per heavy atom. The first-order valence-corrected chi connectivity index (χ1v) is 9.76. The number of nitrogens with zero attached hydrogens (tertiary/aromatic N) is 3. The molecular weight excluding hydrogens is 350 g/mol. The topological polar surface area (TPSA) is 56.1 Å². The average Bonchev–Trinajstić information content (AvgIpc) is 3.37. The van der Waals surface area contributed by atoms with Crippen LogP contribution in [0, 0.1) is 0 Å². The zero-order valence-electron chi connectivity index (χ0n) is 14.3. The van der Waals surface area contributed by atoms with Crippen molar-refractivity contribution in [3.8, 4) is 11.5 Å². The molecule has 2 aliphatic rings. The first-order valence-electron chi connectivity index (χ1n) is 8.88. The van der Waals surface area contributed by atoms with Gasteiger partial charge in [0.15, 0.2) is 16.5 Å². The molecule has 134 valence electrons. The smallest absolute Gasteiger partial charge is 0.229 e. The van der Waals surface area contributed by atoms with E-state index < -0.39 is 0 Å². The number of carbonyl (C=O) groups excluding carboxylic acids is 1. The summed E-state index contributed by atoms with van der Waals surface area (Å²) in [4.78, 5) is 20.4. The number of ether oxygens (including phenoxy) is 2. The molecule has 1 saturated heterocycles. The van der Waals surface area contributed by atoms with Gasteiger partial charge < -0.3 is 14.4 Å². The number of thiazole rings is 1. The van der Waals surface area contributed by atoms with E-state index in [2.05, 4.69) is 11.1 Å². The number of aromatic nitrogens is 2. The molecule has 1 atom stereocenters. The van der Waals surface area contributed by atoms with Crippen LogP contribution in [0.3, 0.4) is 0 Å². The highest BCUT2D eigenvalue weighted by Crippen LogP contribution is 2.38. The number of rotatable bonds is 3. The lowest BCUT2D eigenvalue weighted by Crippen LogP contribution is -2.32. The molecule has 3 aromatic rings. The van der Waals surface area contributed by atoms with Gasteiger partial charge in [0.1, 0.15) is 13.2 Å². The Morgan fingerprint density at radius 2 is 2.15 bits per heavy atom. The van der Waals surface area contributed by atoms with Crippen molar-refractivity contribution in [2.45, 2.75) is 25.3 Å². The first kappa shape index (κ1) is 15.7. The summed E-state index contributed by atoms with van der Waals surface area (Å²) in [5.41, 5.74) is 1.94. The molecule has 0 unspecified atom stereocenters. The normalized spacial score (nSPS) is 19.2. The second-order valence-corrected chi connectivity index (χ2v) is 7.52. The van der Waals surface area contributed by atoms with Crippen LogP contribution in [-0.4, -0.2) is 40.0 Å². The summed E-state index contributed by atoms with van der Waals surface area (Å²) in [6.45, 7) is 1.95. The van der Waals surface area contributed by atoms with Gasteiger partial charge in [-0.1, -0.05) is 6.07 Å². The van der Waals surface area contributed by atoms with E-state index in [1.165, 1.54) is 0 Å². The molecule has 0 saturated carbocycles. The van der Waals surface area contributed by atoms with Gasteiger partial charge in [-0.2, -0.15) is 0 Å². The van der Waals surface area contributed by atoms with Crippen LogP contribution in [0.25, 0.3) is 4.96 Å². The van der Waals surface area contributed by atoms with E-state index in [1.54, 1.807) is 11.3 Å². The molecular formula is C19H19N3O3S. The number of amides is 1. The summed E-state index contributed by atoms with van der Waals surface area (Å²) < 4.78 is 13.3. The number of fused-ring (bicyclic) bond motifs is 2. The van der Waals surface area contributed by atoms with Crippen molar-refractivity contribution in [2.75, 3.05) is 19.8 Å². The molecule has 6 nitrogen and oxygen atoms in total. The molecule has 2 aromatic heterocycles. The first-order chi connectivity index (χ1) is 12.8. The fraction of sp³-hybridized carbons (Fsp3) is 0.368. The minimum atomic E-state index is 0.0991. The highest BCUT2D eigenvalue weighted by atomic mass is 32.1. The van der Waals surface area contributed by atoms with Gasteiger partial charge in [0, 0.05) is 24.3 Å². The van der Waals surface area contributed by atoms with Crippen LogP contribution in [0.1, 0.15) is 30.1 Å². The van der Waals surface area contributed by atoms with Gasteiger partial charge in [0.25, 0.3) is 0 Å². The van der Waals surface area contributed by atoms with E-state index in [0.717, 1.165) is 47.1 Å². The van der Waals surface area contributed by atoms with E-state index in [1.807, 2.05) is 39.2 Å². The average molecular weight is 369 g/mol. The Balaban J connectivity index is 1.36. The number of carbonyl (C=O) groups is 1. The van der Waals surface area contributed by atoms with Crippen LogP contribution in [-0.2, 0) is 11.2 Å². The Labute approximate surface area is 155 Å². The Hall–Kier alpha value is -2.54. The third kappa shape index (κ3) is 2.72. The Bertz CT molecular complexity index is 936. The Kier molecular flexibility index (Phi) is 3.81. The fourth-order valence-corrected chi connectivity index (χ4v) is 4.52. The number of imidazole rings is 1. The lowest BCUT2D eigenvalue weighted by molar-refractivity contribution is -0.131. The summed E-state index contributed by atoms with van der Waals surface area (Å²) in [5, 5.41) is 1.99. The van der Waals surface area contributed by atoms with Crippen molar-refractivity contribution in [1.29, 1.82) is 0 Å². The van der Waals surface area contributed by atoms with Crippen molar-refractivity contribution >= 4 is 22.2 Å². The van der Waals surface area contributed by atoms with Gasteiger partial charge in [-0.15, -0.1) is 11.3 Å². The fourth-order valence-electron chi connectivity index (χ4n) is 3.80. The minimum absolute atomic E-state index is 0.0991. The molecule has 1 aromatic carbocycles. The van der Waals surface area contributed by atoms with Crippen molar-refractivity contribution in [2.24, 2.45) is 0 Å². The minimum Gasteiger partial charge on any atom is -0.486 e. The molecule has 1 fully saturated rings. The van der Waals surface area contributed by atoms with Crippen LogP contribution < -0.4 is 9.47 Å². The molecule has 2 aliphatic heterocycles. The lowest BCUT2D eigenvalue weighted by Gasteiger charge is -2.26. The van der Waals surface area contributed by atoms with E-state index >= 15 is 0 Å². The largest absolute Gasteiger partial charge is 0.486 e. The van der Waals surface area contributed by atoms with E-state index in [9.17, 15) is 4.79 Å². The highest BCUT2D eigenvalue weighted by molar-refractivity contribution is 7.15. The van der Waals surface area contributed by atoms with Gasteiger partial charge in [0.05, 0.1) is 18.2 Å². The summed E-state index contributed by atoms with van der Waals surface area (Å²) >= 11 is 1.58. The summed E-state index contributed by atoms with van der Waals surface area (Å²) in [7, 11) is 0. The number of hydrogen-bond donors (Lipinski definition) is 0. The molecule has 26 heavy (non-hydrogen) atoms. The molecule has 4 heterocycles. The van der Waals surface area contributed by atoms with Gasteiger partial charge >= 0.3 is 0 Å². The van der Waals surface area contributed by atoms with Gasteiger partial charge in [0.2, 0.25) is 5.91 Å². The zero-order chi connectivity index (χ0) is 17.5. The van der Waals surface area contributed by atoms with Gasteiger partial charge in [-0.25, -0.2) is 4.98 Å². The van der Waals surface area contributed by atoms with Crippen molar-refractivity contribution < 1.29 is 14.3 Å². The third-order valence-electron chi connectivity index (χ3n) is 5.00. The molecule has 0 aliphatic carbocycles. The van der Waals surface area contributed by atoms with Crippen LogP contribution in [0.4, 0.5) is 0 Å². The maximum absolute atomic E-state index is 12.9. The molecule has 0 bridgehead atoms. The zero-order valence-corrected chi connectivity index (χ0v) is 15.1. The van der Waals surface area contributed by atoms with Crippen LogP contribution >= 0.6 is 11.3 Å². The monoisotopic (exact) mass is 369 g/mol.